The number of rotatable bonds is 5. The van der Waals surface area contributed by atoms with E-state index in [-0.39, 0.29) is 11.9 Å². The van der Waals surface area contributed by atoms with Crippen molar-refractivity contribution in [3.05, 3.63) is 33.8 Å². The van der Waals surface area contributed by atoms with Crippen molar-refractivity contribution in [2.24, 2.45) is 5.73 Å². The maximum Gasteiger partial charge on any atom is 0.418 e. The predicted octanol–water partition coefficient (Wildman–Crippen LogP) is 3.68. The number of nitrogens with two attached hydrogens (primary N) is 1. The first kappa shape index (κ1) is 18.8. The highest BCUT2D eigenvalue weighted by Gasteiger charge is 2.34. The lowest BCUT2D eigenvalue weighted by molar-refractivity contribution is -0.137. The number of carbonyl (C=O) groups excluding carboxylic acids is 1. The zero-order chi connectivity index (χ0) is 16.9. The van der Waals surface area contributed by atoms with E-state index in [0.29, 0.717) is 16.7 Å². The molecule has 1 rings (SSSR count). The van der Waals surface area contributed by atoms with Crippen LogP contribution in [0.5, 0.6) is 0 Å². The highest BCUT2D eigenvalue weighted by molar-refractivity contribution is 8.04. The molecule has 0 spiro atoms. The molecule has 9 heteroatoms. The Morgan fingerprint density at radius 1 is 1.59 bits per heavy atom. The number of anilines is 1. The van der Waals surface area contributed by atoms with Gasteiger partial charge in [-0.15, -0.1) is 11.8 Å². The lowest BCUT2D eigenvalue weighted by atomic mass is 10.2. The van der Waals surface area contributed by atoms with Crippen molar-refractivity contribution in [1.29, 1.82) is 0 Å². The molecule has 1 aromatic rings. The normalized spacial score (nSPS) is 13.9. The van der Waals surface area contributed by atoms with Crippen molar-refractivity contribution >= 4 is 35.1 Å². The summed E-state index contributed by atoms with van der Waals surface area (Å²) in [6, 6.07) is 0.585. The minimum atomic E-state index is -4.62. The first-order chi connectivity index (χ1) is 10.1. The molecule has 0 radical (unpaired) electrons. The van der Waals surface area contributed by atoms with E-state index < -0.39 is 22.7 Å². The fourth-order valence-electron chi connectivity index (χ4n) is 1.40. The van der Waals surface area contributed by atoms with Crippen LogP contribution in [0.2, 0.25) is 5.02 Å². The standard InChI is InChI=1S/C13H15ClF3N3OS/c1-3-10(22-6-7(2)18)12(21)20-11-4-8(13(15,16)17)9(14)5-19-11/h3-5,7H,6,18H2,1-2H3,(H,19,20,21)/b10-3-. The molecule has 4 nitrogen and oxygen atoms in total. The van der Waals surface area contributed by atoms with Gasteiger partial charge in [-0.1, -0.05) is 17.7 Å². The van der Waals surface area contributed by atoms with Gasteiger partial charge in [0.25, 0.3) is 5.91 Å². The van der Waals surface area contributed by atoms with Crippen molar-refractivity contribution in [3.8, 4) is 0 Å². The summed E-state index contributed by atoms with van der Waals surface area (Å²) in [6.45, 7) is 3.44. The molecule has 0 saturated heterocycles. The Morgan fingerprint density at radius 2 is 2.23 bits per heavy atom. The van der Waals surface area contributed by atoms with Crippen LogP contribution in [0.25, 0.3) is 0 Å². The van der Waals surface area contributed by atoms with E-state index in [2.05, 4.69) is 10.3 Å². The van der Waals surface area contributed by atoms with E-state index in [0.717, 1.165) is 6.20 Å². The molecule has 0 aliphatic carbocycles. The van der Waals surface area contributed by atoms with Gasteiger partial charge in [0.15, 0.2) is 0 Å². The minimum Gasteiger partial charge on any atom is -0.327 e. The fourth-order valence-corrected chi connectivity index (χ4v) is 2.41. The Kier molecular flexibility index (Phi) is 6.70. The largest absolute Gasteiger partial charge is 0.418 e. The molecule has 1 heterocycles. The summed E-state index contributed by atoms with van der Waals surface area (Å²) in [7, 11) is 0. The molecule has 0 bridgehead atoms. The average Bonchev–Trinajstić information content (AvgIpc) is 2.40. The summed E-state index contributed by atoms with van der Waals surface area (Å²) >= 11 is 6.69. The smallest absolute Gasteiger partial charge is 0.327 e. The number of nitrogens with one attached hydrogen (secondary N) is 1. The lowest BCUT2D eigenvalue weighted by Gasteiger charge is -2.12. The number of allylic oxidation sites excluding steroid dienone is 1. The molecule has 0 aromatic carbocycles. The van der Waals surface area contributed by atoms with Crippen LogP contribution in [-0.4, -0.2) is 22.7 Å². The van der Waals surface area contributed by atoms with Gasteiger partial charge in [-0.25, -0.2) is 4.98 Å². The molecule has 0 saturated carbocycles. The molecule has 1 atom stereocenters. The molecule has 122 valence electrons. The van der Waals surface area contributed by atoms with Crippen LogP contribution >= 0.6 is 23.4 Å². The molecule has 1 unspecified atom stereocenters. The second-order valence-corrected chi connectivity index (χ2v) is 5.91. The summed E-state index contributed by atoms with van der Waals surface area (Å²) < 4.78 is 38.2. The third-order valence-corrected chi connectivity index (χ3v) is 4.12. The van der Waals surface area contributed by atoms with Crippen LogP contribution < -0.4 is 11.1 Å². The molecule has 1 aromatic heterocycles. The summed E-state index contributed by atoms with van der Waals surface area (Å²) in [6.07, 6.45) is -2.21. The average molecular weight is 354 g/mol. The molecular formula is C13H15ClF3N3OS. The molecule has 3 N–H and O–H groups in total. The van der Waals surface area contributed by atoms with E-state index in [1.165, 1.54) is 11.8 Å². The summed E-state index contributed by atoms with van der Waals surface area (Å²) in [5, 5.41) is 1.79. The Labute approximate surface area is 135 Å². The molecule has 0 aliphatic rings. The first-order valence-corrected chi connectivity index (χ1v) is 7.60. The van der Waals surface area contributed by atoms with Gasteiger partial charge in [-0.05, 0) is 19.9 Å². The van der Waals surface area contributed by atoms with Crippen LogP contribution in [-0.2, 0) is 11.0 Å². The van der Waals surface area contributed by atoms with Gasteiger partial charge in [0.2, 0.25) is 0 Å². The summed E-state index contributed by atoms with van der Waals surface area (Å²) in [5.41, 5.74) is 4.55. The number of halogens is 4. The van der Waals surface area contributed by atoms with Crippen LogP contribution in [0.3, 0.4) is 0 Å². The molecule has 1 amide bonds. The SMILES string of the molecule is C/C=C(\SCC(C)N)C(=O)Nc1cc(C(F)(F)F)c(Cl)cn1. The molecule has 0 aliphatic heterocycles. The third-order valence-electron chi connectivity index (χ3n) is 2.39. The van der Waals surface area contributed by atoms with Crippen molar-refractivity contribution in [2.45, 2.75) is 26.1 Å². The van der Waals surface area contributed by atoms with Gasteiger partial charge in [-0.3, -0.25) is 4.79 Å². The van der Waals surface area contributed by atoms with E-state index in [1.54, 1.807) is 19.9 Å². The second-order valence-electron chi connectivity index (χ2n) is 4.44. The molecular weight excluding hydrogens is 339 g/mol. The van der Waals surface area contributed by atoms with Crippen molar-refractivity contribution < 1.29 is 18.0 Å². The predicted molar refractivity (Wildman–Crippen MR) is 82.7 cm³/mol. The van der Waals surface area contributed by atoms with Gasteiger partial charge in [0, 0.05) is 18.0 Å². The van der Waals surface area contributed by atoms with Gasteiger partial charge in [0.05, 0.1) is 15.5 Å². The van der Waals surface area contributed by atoms with Crippen LogP contribution in [0.1, 0.15) is 19.4 Å². The van der Waals surface area contributed by atoms with Crippen LogP contribution in [0.4, 0.5) is 19.0 Å². The Bertz CT molecular complexity index is 576. The monoisotopic (exact) mass is 353 g/mol. The van der Waals surface area contributed by atoms with Gasteiger partial charge in [-0.2, -0.15) is 13.2 Å². The Balaban J connectivity index is 2.88. The molecule has 0 fully saturated rings. The highest BCUT2D eigenvalue weighted by Crippen LogP contribution is 2.35. The fraction of sp³-hybridized carbons (Fsp3) is 0.385. The van der Waals surface area contributed by atoms with Gasteiger partial charge >= 0.3 is 6.18 Å². The minimum absolute atomic E-state index is 0.113. The highest BCUT2D eigenvalue weighted by atomic mass is 35.5. The topological polar surface area (TPSA) is 68.0 Å². The van der Waals surface area contributed by atoms with E-state index in [9.17, 15) is 18.0 Å². The van der Waals surface area contributed by atoms with Crippen LogP contribution in [0, 0.1) is 0 Å². The molecule has 22 heavy (non-hydrogen) atoms. The summed E-state index contributed by atoms with van der Waals surface area (Å²) in [5.74, 6) is -0.256. The van der Waals surface area contributed by atoms with Crippen molar-refractivity contribution in [1.82, 2.24) is 4.98 Å². The van der Waals surface area contributed by atoms with E-state index >= 15 is 0 Å². The lowest BCUT2D eigenvalue weighted by Crippen LogP contribution is -2.20. The van der Waals surface area contributed by atoms with Crippen molar-refractivity contribution in [2.75, 3.05) is 11.1 Å². The number of pyridine rings is 1. The Morgan fingerprint density at radius 3 is 2.73 bits per heavy atom. The Hall–Kier alpha value is -1.25. The van der Waals surface area contributed by atoms with E-state index in [1.807, 2.05) is 0 Å². The van der Waals surface area contributed by atoms with E-state index in [4.69, 9.17) is 17.3 Å². The number of alkyl halides is 3. The number of hydrogen-bond acceptors (Lipinski definition) is 4. The summed E-state index contributed by atoms with van der Waals surface area (Å²) in [4.78, 5) is 16.0. The number of amides is 1. The number of aromatic nitrogens is 1. The van der Waals surface area contributed by atoms with Crippen LogP contribution in [0.15, 0.2) is 23.2 Å². The maximum atomic E-state index is 12.7. The number of thioether (sulfide) groups is 1. The zero-order valence-corrected chi connectivity index (χ0v) is 13.4. The maximum absolute atomic E-state index is 12.7. The zero-order valence-electron chi connectivity index (χ0n) is 11.9. The number of carbonyl (C=O) groups is 1. The number of nitrogens with zero attached hydrogens (tertiary/aromatic N) is 1. The first-order valence-electron chi connectivity index (χ1n) is 6.24. The number of hydrogen-bond donors (Lipinski definition) is 2. The van der Waals surface area contributed by atoms with Gasteiger partial charge in [0.1, 0.15) is 5.82 Å². The third kappa shape index (κ3) is 5.51. The van der Waals surface area contributed by atoms with Gasteiger partial charge < -0.3 is 11.1 Å². The second kappa shape index (κ2) is 7.85. The quantitative estimate of drug-likeness (QED) is 0.792. The van der Waals surface area contributed by atoms with Crippen molar-refractivity contribution in [3.63, 3.8) is 0 Å².